The highest BCUT2D eigenvalue weighted by molar-refractivity contribution is 7.86. The number of benzene rings is 3. The van der Waals surface area contributed by atoms with E-state index in [0.29, 0.717) is 50.4 Å². The Bertz CT molecular complexity index is 1920. The molecule has 0 amide bonds. The van der Waals surface area contributed by atoms with Crippen LogP contribution in [0, 0.1) is 0 Å². The van der Waals surface area contributed by atoms with E-state index in [1.807, 2.05) is 60.7 Å². The van der Waals surface area contributed by atoms with Gasteiger partial charge in [-0.2, -0.15) is 8.42 Å². The highest BCUT2D eigenvalue weighted by Gasteiger charge is 2.23. The van der Waals surface area contributed by atoms with Gasteiger partial charge in [-0.25, -0.2) is 15.0 Å². The van der Waals surface area contributed by atoms with E-state index in [-0.39, 0.29) is 4.90 Å². The minimum absolute atomic E-state index is 0.188. The minimum Gasteiger partial charge on any atom is -0.456 e. The van der Waals surface area contributed by atoms with Crippen molar-refractivity contribution in [2.24, 2.45) is 4.99 Å². The predicted octanol–water partition coefficient (Wildman–Crippen LogP) is 6.22. The van der Waals surface area contributed by atoms with Crippen molar-refractivity contribution in [2.45, 2.75) is 4.90 Å². The smallest absolute Gasteiger partial charge is 0.295 e. The summed E-state index contributed by atoms with van der Waals surface area (Å²) in [6, 6.07) is 28.3. The van der Waals surface area contributed by atoms with E-state index < -0.39 is 10.1 Å². The Morgan fingerprint density at radius 1 is 0.789 bits per heavy atom. The van der Waals surface area contributed by atoms with Gasteiger partial charge in [-0.05, 0) is 54.6 Å². The molecule has 0 radical (unpaired) electrons. The fraction of sp³-hybridized carbons (Fsp3) is 0. The Labute approximate surface area is 218 Å². The Morgan fingerprint density at radius 3 is 2.34 bits per heavy atom. The lowest BCUT2D eigenvalue weighted by atomic mass is 9.93. The molecule has 2 aliphatic rings. The van der Waals surface area contributed by atoms with Gasteiger partial charge in [0.15, 0.2) is 5.82 Å². The molecule has 1 aliphatic heterocycles. The van der Waals surface area contributed by atoms with E-state index in [4.69, 9.17) is 4.42 Å². The van der Waals surface area contributed by atoms with Gasteiger partial charge in [0.25, 0.3) is 10.1 Å². The van der Waals surface area contributed by atoms with Crippen LogP contribution in [0.5, 0.6) is 0 Å². The number of nitrogens with one attached hydrogen (secondary N) is 1. The molecule has 0 saturated carbocycles. The monoisotopic (exact) mass is 520 g/mol. The second kappa shape index (κ2) is 9.55. The Hall–Kier alpha value is -4.86. The summed E-state index contributed by atoms with van der Waals surface area (Å²) in [5.74, 6) is 1.71. The number of fused-ring (bicyclic) bond motifs is 2. The molecule has 186 valence electrons. The van der Waals surface area contributed by atoms with E-state index in [1.165, 1.54) is 6.07 Å². The van der Waals surface area contributed by atoms with Crippen molar-refractivity contribution in [2.75, 3.05) is 5.32 Å². The summed E-state index contributed by atoms with van der Waals surface area (Å²) < 4.78 is 41.0. The lowest BCUT2D eigenvalue weighted by molar-refractivity contribution is 0.483. The molecular formula is C29H20N4O4S. The van der Waals surface area contributed by atoms with Gasteiger partial charge in [0.05, 0.1) is 5.36 Å². The summed E-state index contributed by atoms with van der Waals surface area (Å²) >= 11 is 0. The van der Waals surface area contributed by atoms with Crippen LogP contribution in [0.1, 0.15) is 0 Å². The second-order valence-corrected chi connectivity index (χ2v) is 9.87. The van der Waals surface area contributed by atoms with Gasteiger partial charge in [0, 0.05) is 52.3 Å². The van der Waals surface area contributed by atoms with Crippen molar-refractivity contribution >= 4 is 38.4 Å². The maximum Gasteiger partial charge on any atom is 0.295 e. The third-order valence-corrected chi connectivity index (χ3v) is 6.88. The largest absolute Gasteiger partial charge is 0.456 e. The highest BCUT2D eigenvalue weighted by atomic mass is 32.2. The zero-order valence-corrected chi connectivity index (χ0v) is 20.6. The number of nitrogens with zero attached hydrogens (tertiary/aromatic N) is 3. The van der Waals surface area contributed by atoms with E-state index in [1.54, 1.807) is 42.7 Å². The molecule has 0 spiro atoms. The molecule has 9 heteroatoms. The van der Waals surface area contributed by atoms with Crippen LogP contribution in [0.2, 0.25) is 0 Å². The molecule has 0 unspecified atom stereocenters. The van der Waals surface area contributed by atoms with Gasteiger partial charge in [-0.1, -0.05) is 30.3 Å². The predicted molar refractivity (Wildman–Crippen MR) is 145 cm³/mol. The standard InChI is InChI=1S/C29H20N4O4S/c34-38(35,36)26-8-2-1-7-23(26)29-21-13-11-19(32-27-9-3-5-15-30-27)17-24(21)37-25-18-20(12-14-22(25)29)33-28-10-4-6-16-31-28/h1-18H,(H,30,32)(H,34,35,36). The third kappa shape index (κ3) is 4.63. The lowest BCUT2D eigenvalue weighted by Crippen LogP contribution is -2.05. The van der Waals surface area contributed by atoms with Gasteiger partial charge in [-0.3, -0.25) is 4.55 Å². The van der Waals surface area contributed by atoms with Crippen molar-refractivity contribution in [3.05, 3.63) is 115 Å². The molecule has 2 aromatic carbocycles. The van der Waals surface area contributed by atoms with Gasteiger partial charge >= 0.3 is 0 Å². The van der Waals surface area contributed by atoms with Crippen molar-refractivity contribution < 1.29 is 17.4 Å². The summed E-state index contributed by atoms with van der Waals surface area (Å²) in [6.45, 7) is 0. The van der Waals surface area contributed by atoms with Gasteiger partial charge in [0.1, 0.15) is 22.1 Å². The van der Waals surface area contributed by atoms with E-state index >= 15 is 0 Å². The number of hydrogen-bond donors (Lipinski definition) is 2. The van der Waals surface area contributed by atoms with Crippen LogP contribution in [-0.2, 0) is 10.1 Å². The first-order valence-electron chi connectivity index (χ1n) is 11.7. The first kappa shape index (κ1) is 23.5. The van der Waals surface area contributed by atoms with Crippen molar-refractivity contribution in [3.8, 4) is 22.5 Å². The Balaban J connectivity index is 1.62. The third-order valence-electron chi connectivity index (χ3n) is 5.97. The number of rotatable bonds is 5. The Morgan fingerprint density at radius 2 is 1.58 bits per heavy atom. The van der Waals surface area contributed by atoms with Crippen LogP contribution in [0.3, 0.4) is 0 Å². The molecule has 0 saturated heterocycles. The van der Waals surface area contributed by atoms with Gasteiger partial charge in [-0.15, -0.1) is 0 Å². The van der Waals surface area contributed by atoms with E-state index in [9.17, 15) is 13.0 Å². The lowest BCUT2D eigenvalue weighted by Gasteiger charge is -2.17. The zero-order valence-electron chi connectivity index (χ0n) is 19.8. The van der Waals surface area contributed by atoms with Gasteiger partial charge in [0.2, 0.25) is 0 Å². The average Bonchev–Trinajstić information content (AvgIpc) is 2.92. The average molecular weight is 521 g/mol. The van der Waals surface area contributed by atoms with Crippen molar-refractivity contribution in [1.82, 2.24) is 9.97 Å². The molecule has 2 aromatic heterocycles. The molecule has 8 nitrogen and oxygen atoms in total. The minimum atomic E-state index is -4.49. The van der Waals surface area contributed by atoms with Gasteiger partial charge < -0.3 is 9.73 Å². The zero-order chi connectivity index (χ0) is 26.1. The molecule has 0 bridgehead atoms. The van der Waals surface area contributed by atoms with Crippen LogP contribution in [-0.4, -0.2) is 22.9 Å². The normalized spacial score (nSPS) is 12.2. The maximum absolute atomic E-state index is 12.3. The van der Waals surface area contributed by atoms with Crippen LogP contribution in [0.25, 0.3) is 33.4 Å². The highest BCUT2D eigenvalue weighted by Crippen LogP contribution is 2.42. The van der Waals surface area contributed by atoms with Crippen molar-refractivity contribution in [1.29, 1.82) is 0 Å². The summed E-state index contributed by atoms with van der Waals surface area (Å²) in [6.07, 6.45) is 3.36. The molecular weight excluding hydrogens is 500 g/mol. The number of hydrogen-bond acceptors (Lipinski definition) is 7. The number of anilines is 2. The second-order valence-electron chi connectivity index (χ2n) is 8.48. The molecule has 38 heavy (non-hydrogen) atoms. The molecule has 1 aliphatic carbocycles. The van der Waals surface area contributed by atoms with Crippen LogP contribution >= 0.6 is 0 Å². The van der Waals surface area contributed by atoms with E-state index in [2.05, 4.69) is 20.3 Å². The molecule has 0 atom stereocenters. The van der Waals surface area contributed by atoms with Crippen molar-refractivity contribution in [3.63, 3.8) is 0 Å². The van der Waals surface area contributed by atoms with Crippen LogP contribution in [0.15, 0.2) is 124 Å². The first-order chi connectivity index (χ1) is 18.5. The van der Waals surface area contributed by atoms with Crippen LogP contribution < -0.4 is 10.7 Å². The summed E-state index contributed by atoms with van der Waals surface area (Å²) in [5, 5.41) is 4.55. The fourth-order valence-electron chi connectivity index (χ4n) is 4.35. The summed E-state index contributed by atoms with van der Waals surface area (Å²) in [5.41, 5.74) is 2.89. The topological polar surface area (TPSA) is 118 Å². The molecule has 0 fully saturated rings. The quantitative estimate of drug-likeness (QED) is 0.205. The molecule has 4 aromatic rings. The maximum atomic E-state index is 12.3. The van der Waals surface area contributed by atoms with E-state index in [0.717, 1.165) is 5.69 Å². The van der Waals surface area contributed by atoms with Crippen LogP contribution in [0.4, 0.5) is 17.3 Å². The molecule has 6 rings (SSSR count). The SMILES string of the molecule is O=S(=O)(O)c1ccccc1-c1c2ccc(=Nc3ccccn3)cc-2oc2cc(Nc3ccccn3)ccc12. The molecule has 2 N–H and O–H groups in total. The number of pyridine rings is 2. The fourth-order valence-corrected chi connectivity index (χ4v) is 5.05. The Kier molecular flexibility index (Phi) is 5.91. The molecule has 3 heterocycles. The summed E-state index contributed by atoms with van der Waals surface area (Å²) in [7, 11) is -4.49. The number of aromatic nitrogens is 2. The first-order valence-corrected chi connectivity index (χ1v) is 13.1. The summed E-state index contributed by atoms with van der Waals surface area (Å²) in [4.78, 5) is 12.9.